The van der Waals surface area contributed by atoms with Crippen molar-refractivity contribution in [2.45, 2.75) is 0 Å². The van der Waals surface area contributed by atoms with Crippen molar-refractivity contribution >= 4 is 45.9 Å². The van der Waals surface area contributed by atoms with Gasteiger partial charge >= 0.3 is 0 Å². The van der Waals surface area contributed by atoms with Crippen LogP contribution in [0.1, 0.15) is 9.67 Å². The molecule has 4 rings (SSSR count). The summed E-state index contributed by atoms with van der Waals surface area (Å²) in [5, 5.41) is 5.91. The number of rotatable bonds is 4. The molecule has 0 spiro atoms. The first-order valence-electron chi connectivity index (χ1n) is 7.87. The van der Waals surface area contributed by atoms with Gasteiger partial charge in [0.1, 0.15) is 5.01 Å². The molecule has 2 aromatic carbocycles. The lowest BCUT2D eigenvalue weighted by atomic mass is 10.1. The van der Waals surface area contributed by atoms with Crippen LogP contribution in [0.15, 0.2) is 72.1 Å². The van der Waals surface area contributed by atoms with Crippen molar-refractivity contribution in [2.75, 3.05) is 5.32 Å². The molecular formula is C20H13ClN2OS2. The summed E-state index contributed by atoms with van der Waals surface area (Å²) in [7, 11) is 0. The van der Waals surface area contributed by atoms with Gasteiger partial charge in [-0.1, -0.05) is 54.1 Å². The van der Waals surface area contributed by atoms with E-state index in [4.69, 9.17) is 16.6 Å². The van der Waals surface area contributed by atoms with Crippen LogP contribution in [0.2, 0.25) is 4.34 Å². The predicted octanol–water partition coefficient (Wildman–Crippen LogP) is 6.44. The van der Waals surface area contributed by atoms with Gasteiger partial charge in [0, 0.05) is 22.2 Å². The van der Waals surface area contributed by atoms with E-state index in [0.717, 1.165) is 27.5 Å². The fraction of sp³-hybridized carbons (Fsp3) is 0. The summed E-state index contributed by atoms with van der Waals surface area (Å²) in [6.07, 6.45) is 0. The van der Waals surface area contributed by atoms with Crippen LogP contribution >= 0.6 is 34.3 Å². The van der Waals surface area contributed by atoms with Crippen molar-refractivity contribution in [3.63, 3.8) is 0 Å². The minimum absolute atomic E-state index is 0.165. The molecule has 1 amide bonds. The zero-order chi connectivity index (χ0) is 17.9. The molecule has 0 unspecified atom stereocenters. The Hall–Kier alpha value is -2.47. The van der Waals surface area contributed by atoms with Gasteiger partial charge in [-0.3, -0.25) is 4.79 Å². The molecule has 2 aromatic heterocycles. The minimum Gasteiger partial charge on any atom is -0.321 e. The van der Waals surface area contributed by atoms with Gasteiger partial charge in [0.25, 0.3) is 5.91 Å². The summed E-state index contributed by atoms with van der Waals surface area (Å²) >= 11 is 8.76. The Morgan fingerprint density at radius 1 is 0.962 bits per heavy atom. The maximum absolute atomic E-state index is 12.3. The number of nitrogens with zero attached hydrogens (tertiary/aromatic N) is 1. The molecule has 26 heavy (non-hydrogen) atoms. The summed E-state index contributed by atoms with van der Waals surface area (Å²) in [4.78, 5) is 17.6. The quantitative estimate of drug-likeness (QED) is 0.431. The average molecular weight is 397 g/mol. The zero-order valence-electron chi connectivity index (χ0n) is 13.5. The number of halogens is 1. The van der Waals surface area contributed by atoms with E-state index in [1.807, 2.05) is 60.0 Å². The third-order valence-electron chi connectivity index (χ3n) is 3.74. The molecule has 0 saturated carbocycles. The Kier molecular flexibility index (Phi) is 4.84. The number of benzene rings is 2. The van der Waals surface area contributed by atoms with Crippen LogP contribution in [0.5, 0.6) is 0 Å². The van der Waals surface area contributed by atoms with E-state index in [2.05, 4.69) is 5.32 Å². The third kappa shape index (κ3) is 3.70. The lowest BCUT2D eigenvalue weighted by molar-refractivity contribution is 0.103. The number of nitrogens with one attached hydrogen (secondary N) is 1. The van der Waals surface area contributed by atoms with Gasteiger partial charge in [-0.05, 0) is 24.3 Å². The van der Waals surface area contributed by atoms with Crippen LogP contribution in [0.3, 0.4) is 0 Å². The van der Waals surface area contributed by atoms with Crippen LogP contribution in [0.4, 0.5) is 5.69 Å². The number of aromatic nitrogens is 1. The minimum atomic E-state index is -0.165. The van der Waals surface area contributed by atoms with Gasteiger partial charge in [-0.15, -0.1) is 22.7 Å². The SMILES string of the molecule is O=C(Nc1cccc(-c2csc(-c3ccccc3)n2)c1)c1ccc(Cl)s1. The molecule has 3 nitrogen and oxygen atoms in total. The van der Waals surface area contributed by atoms with Gasteiger partial charge in [0.2, 0.25) is 0 Å². The van der Waals surface area contributed by atoms with Crippen LogP contribution in [-0.4, -0.2) is 10.9 Å². The van der Waals surface area contributed by atoms with Crippen molar-refractivity contribution in [2.24, 2.45) is 0 Å². The van der Waals surface area contributed by atoms with E-state index in [1.54, 1.807) is 23.5 Å². The standard InChI is InChI=1S/C20H13ClN2OS2/c21-18-10-9-17(26-18)19(24)22-15-8-4-7-14(11-15)16-12-25-20(23-16)13-5-2-1-3-6-13/h1-12H,(H,22,24). The summed E-state index contributed by atoms with van der Waals surface area (Å²) in [6, 6.07) is 21.2. The number of amides is 1. The van der Waals surface area contributed by atoms with Gasteiger partial charge in [-0.2, -0.15) is 0 Å². The van der Waals surface area contributed by atoms with Crippen molar-refractivity contribution in [1.82, 2.24) is 4.98 Å². The van der Waals surface area contributed by atoms with Gasteiger partial charge in [0.15, 0.2) is 0 Å². The molecular weight excluding hydrogens is 384 g/mol. The second kappa shape index (κ2) is 7.41. The smallest absolute Gasteiger partial charge is 0.265 e. The fourth-order valence-corrected chi connectivity index (χ4v) is 4.28. The highest BCUT2D eigenvalue weighted by Gasteiger charge is 2.11. The first-order valence-corrected chi connectivity index (χ1v) is 9.94. The molecule has 1 N–H and O–H groups in total. The van der Waals surface area contributed by atoms with Crippen LogP contribution < -0.4 is 5.32 Å². The summed E-state index contributed by atoms with van der Waals surface area (Å²) in [6.45, 7) is 0. The Labute approximate surface area is 163 Å². The highest BCUT2D eigenvalue weighted by atomic mass is 35.5. The second-order valence-corrected chi connectivity index (χ2v) is 8.12. The summed E-state index contributed by atoms with van der Waals surface area (Å²) in [5.41, 5.74) is 3.68. The van der Waals surface area contributed by atoms with E-state index >= 15 is 0 Å². The first kappa shape index (κ1) is 17.0. The molecule has 4 aromatic rings. The van der Waals surface area contributed by atoms with Crippen LogP contribution in [0.25, 0.3) is 21.8 Å². The normalized spacial score (nSPS) is 10.7. The van der Waals surface area contributed by atoms with Crippen molar-refractivity contribution in [3.05, 3.63) is 81.3 Å². The lowest BCUT2D eigenvalue weighted by Gasteiger charge is -2.05. The number of thiophene rings is 1. The number of carbonyl (C=O) groups excluding carboxylic acids is 1. The number of anilines is 1. The summed E-state index contributed by atoms with van der Waals surface area (Å²) < 4.78 is 0.597. The lowest BCUT2D eigenvalue weighted by Crippen LogP contribution is -2.09. The second-order valence-electron chi connectivity index (χ2n) is 5.54. The number of carbonyl (C=O) groups is 1. The molecule has 0 aliphatic carbocycles. The van der Waals surface area contributed by atoms with Crippen LogP contribution in [0, 0.1) is 0 Å². The molecule has 0 saturated heterocycles. The molecule has 2 heterocycles. The summed E-state index contributed by atoms with van der Waals surface area (Å²) in [5.74, 6) is -0.165. The molecule has 0 bridgehead atoms. The Balaban J connectivity index is 1.56. The maximum Gasteiger partial charge on any atom is 0.265 e. The molecule has 128 valence electrons. The highest BCUT2D eigenvalue weighted by molar-refractivity contribution is 7.18. The largest absolute Gasteiger partial charge is 0.321 e. The van der Waals surface area contributed by atoms with E-state index < -0.39 is 0 Å². The number of thiazole rings is 1. The van der Waals surface area contributed by atoms with E-state index in [0.29, 0.717) is 9.21 Å². The van der Waals surface area contributed by atoms with Crippen LogP contribution in [-0.2, 0) is 0 Å². The predicted molar refractivity (Wildman–Crippen MR) is 110 cm³/mol. The molecule has 0 radical (unpaired) electrons. The van der Waals surface area contributed by atoms with E-state index in [-0.39, 0.29) is 5.91 Å². The van der Waals surface area contributed by atoms with E-state index in [1.165, 1.54) is 11.3 Å². The topological polar surface area (TPSA) is 42.0 Å². The molecule has 0 atom stereocenters. The fourth-order valence-electron chi connectivity index (χ4n) is 2.50. The Morgan fingerprint density at radius 2 is 1.77 bits per heavy atom. The highest BCUT2D eigenvalue weighted by Crippen LogP contribution is 2.30. The molecule has 0 fully saturated rings. The first-order chi connectivity index (χ1) is 12.7. The zero-order valence-corrected chi connectivity index (χ0v) is 15.9. The third-order valence-corrected chi connectivity index (χ3v) is 5.86. The maximum atomic E-state index is 12.3. The number of hydrogen-bond donors (Lipinski definition) is 1. The Morgan fingerprint density at radius 3 is 2.54 bits per heavy atom. The monoisotopic (exact) mass is 396 g/mol. The average Bonchev–Trinajstić information content (AvgIpc) is 3.32. The van der Waals surface area contributed by atoms with Gasteiger partial charge < -0.3 is 5.32 Å². The van der Waals surface area contributed by atoms with E-state index in [9.17, 15) is 4.79 Å². The number of hydrogen-bond acceptors (Lipinski definition) is 4. The Bertz CT molecular complexity index is 1060. The van der Waals surface area contributed by atoms with Crippen molar-refractivity contribution < 1.29 is 4.79 Å². The van der Waals surface area contributed by atoms with Crippen molar-refractivity contribution in [3.8, 4) is 21.8 Å². The van der Waals surface area contributed by atoms with Crippen molar-refractivity contribution in [1.29, 1.82) is 0 Å². The van der Waals surface area contributed by atoms with Gasteiger partial charge in [0.05, 0.1) is 14.9 Å². The molecule has 0 aliphatic heterocycles. The van der Waals surface area contributed by atoms with Gasteiger partial charge in [-0.25, -0.2) is 4.98 Å². The molecule has 6 heteroatoms. The molecule has 0 aliphatic rings.